The number of aryl methyl sites for hydroxylation is 1. The summed E-state index contributed by atoms with van der Waals surface area (Å²) in [6.07, 6.45) is 1.66. The number of nitro groups is 1. The third-order valence-corrected chi connectivity index (χ3v) is 4.06. The molecule has 1 atom stereocenters. The summed E-state index contributed by atoms with van der Waals surface area (Å²) >= 11 is 0. The van der Waals surface area contributed by atoms with E-state index in [1.165, 1.54) is 6.07 Å². The highest BCUT2D eigenvalue weighted by molar-refractivity contribution is 5.95. The number of hydrogen-bond donors (Lipinski definition) is 1. The molecular formula is C20H17N3O3. The Labute approximate surface area is 150 Å². The van der Waals surface area contributed by atoms with Crippen LogP contribution < -0.4 is 5.32 Å². The first-order chi connectivity index (χ1) is 12.6. The molecule has 6 nitrogen and oxygen atoms in total. The predicted molar refractivity (Wildman–Crippen MR) is 97.8 cm³/mol. The average Bonchev–Trinajstić information content (AvgIpc) is 2.67. The summed E-state index contributed by atoms with van der Waals surface area (Å²) in [4.78, 5) is 27.7. The van der Waals surface area contributed by atoms with Gasteiger partial charge in [0.15, 0.2) is 0 Å². The number of carbonyl (C=O) groups excluding carboxylic acids is 1. The Bertz CT molecular complexity index is 888. The number of amides is 1. The molecule has 26 heavy (non-hydrogen) atoms. The second-order valence-corrected chi connectivity index (χ2v) is 5.83. The molecule has 1 N–H and O–H groups in total. The van der Waals surface area contributed by atoms with Gasteiger partial charge in [-0.05, 0) is 30.7 Å². The zero-order chi connectivity index (χ0) is 18.5. The number of aromatic nitrogens is 1. The third-order valence-electron chi connectivity index (χ3n) is 4.06. The monoisotopic (exact) mass is 347 g/mol. The van der Waals surface area contributed by atoms with Crippen molar-refractivity contribution in [1.82, 2.24) is 10.3 Å². The topological polar surface area (TPSA) is 85.1 Å². The molecule has 2 aromatic carbocycles. The molecule has 0 aliphatic heterocycles. The van der Waals surface area contributed by atoms with E-state index in [-0.39, 0.29) is 11.3 Å². The van der Waals surface area contributed by atoms with Crippen molar-refractivity contribution in [1.29, 1.82) is 0 Å². The lowest BCUT2D eigenvalue weighted by molar-refractivity contribution is -0.385. The van der Waals surface area contributed by atoms with Crippen LogP contribution in [0.4, 0.5) is 5.69 Å². The van der Waals surface area contributed by atoms with Gasteiger partial charge in [-0.2, -0.15) is 0 Å². The summed E-state index contributed by atoms with van der Waals surface area (Å²) in [5, 5.41) is 14.1. The minimum atomic E-state index is -0.487. The van der Waals surface area contributed by atoms with Crippen LogP contribution in [-0.4, -0.2) is 15.8 Å². The smallest absolute Gasteiger partial charge is 0.273 e. The van der Waals surface area contributed by atoms with Crippen molar-refractivity contribution in [3.63, 3.8) is 0 Å². The van der Waals surface area contributed by atoms with Crippen molar-refractivity contribution in [2.24, 2.45) is 0 Å². The quantitative estimate of drug-likeness (QED) is 0.562. The maximum atomic E-state index is 12.7. The van der Waals surface area contributed by atoms with E-state index in [9.17, 15) is 14.9 Å². The molecule has 0 saturated heterocycles. The second kappa shape index (κ2) is 7.57. The number of nitro benzene ring substituents is 1. The van der Waals surface area contributed by atoms with Crippen LogP contribution in [0.15, 0.2) is 72.9 Å². The minimum Gasteiger partial charge on any atom is -0.340 e. The van der Waals surface area contributed by atoms with Crippen LogP contribution in [0.25, 0.3) is 0 Å². The molecule has 1 amide bonds. The molecule has 6 heteroatoms. The molecule has 1 unspecified atom stereocenters. The molecule has 0 saturated carbocycles. The van der Waals surface area contributed by atoms with Gasteiger partial charge in [-0.1, -0.05) is 42.5 Å². The van der Waals surface area contributed by atoms with Gasteiger partial charge in [0, 0.05) is 23.4 Å². The van der Waals surface area contributed by atoms with Crippen LogP contribution in [0, 0.1) is 17.0 Å². The van der Waals surface area contributed by atoms with Crippen molar-refractivity contribution in [2.75, 3.05) is 0 Å². The Morgan fingerprint density at radius 3 is 2.46 bits per heavy atom. The number of nitrogens with zero attached hydrogens (tertiary/aromatic N) is 2. The van der Waals surface area contributed by atoms with Gasteiger partial charge in [0.2, 0.25) is 0 Å². The van der Waals surface area contributed by atoms with Gasteiger partial charge in [-0.25, -0.2) is 0 Å². The number of benzene rings is 2. The van der Waals surface area contributed by atoms with E-state index in [0.29, 0.717) is 11.3 Å². The summed E-state index contributed by atoms with van der Waals surface area (Å²) in [7, 11) is 0. The molecule has 0 radical (unpaired) electrons. The molecule has 3 aromatic rings. The molecule has 130 valence electrons. The summed E-state index contributed by atoms with van der Waals surface area (Å²) in [6.45, 7) is 1.64. The maximum absolute atomic E-state index is 12.7. The fraction of sp³-hybridized carbons (Fsp3) is 0.100. The first-order valence-corrected chi connectivity index (χ1v) is 8.08. The summed E-state index contributed by atoms with van der Waals surface area (Å²) in [5.74, 6) is -0.396. The first-order valence-electron chi connectivity index (χ1n) is 8.08. The fourth-order valence-electron chi connectivity index (χ4n) is 2.68. The fourth-order valence-corrected chi connectivity index (χ4v) is 2.68. The lowest BCUT2D eigenvalue weighted by Crippen LogP contribution is -2.30. The minimum absolute atomic E-state index is 0.0771. The van der Waals surface area contributed by atoms with E-state index < -0.39 is 16.9 Å². The van der Waals surface area contributed by atoms with Crippen LogP contribution in [-0.2, 0) is 0 Å². The second-order valence-electron chi connectivity index (χ2n) is 5.83. The molecule has 1 aromatic heterocycles. The lowest BCUT2D eigenvalue weighted by Gasteiger charge is -2.19. The van der Waals surface area contributed by atoms with E-state index >= 15 is 0 Å². The van der Waals surface area contributed by atoms with Crippen LogP contribution in [0.2, 0.25) is 0 Å². The van der Waals surface area contributed by atoms with Crippen molar-refractivity contribution in [3.05, 3.63) is 105 Å². The van der Waals surface area contributed by atoms with E-state index in [1.54, 1.807) is 31.3 Å². The van der Waals surface area contributed by atoms with Crippen LogP contribution >= 0.6 is 0 Å². The zero-order valence-corrected chi connectivity index (χ0v) is 14.1. The van der Waals surface area contributed by atoms with Gasteiger partial charge < -0.3 is 5.32 Å². The normalized spacial score (nSPS) is 11.6. The van der Waals surface area contributed by atoms with E-state index in [4.69, 9.17) is 0 Å². The Hall–Kier alpha value is -3.54. The molecule has 0 aliphatic carbocycles. The van der Waals surface area contributed by atoms with Crippen molar-refractivity contribution in [3.8, 4) is 0 Å². The van der Waals surface area contributed by atoms with E-state index in [0.717, 1.165) is 5.56 Å². The summed E-state index contributed by atoms with van der Waals surface area (Å²) in [6, 6.07) is 18.9. The predicted octanol–water partition coefficient (Wildman–Crippen LogP) is 3.82. The average molecular weight is 347 g/mol. The Balaban J connectivity index is 1.94. The Morgan fingerprint density at radius 2 is 1.81 bits per heavy atom. The van der Waals surface area contributed by atoms with Crippen molar-refractivity contribution < 1.29 is 9.72 Å². The van der Waals surface area contributed by atoms with Gasteiger partial charge in [-0.15, -0.1) is 0 Å². The Kier molecular flexibility index (Phi) is 5.03. The van der Waals surface area contributed by atoms with Gasteiger partial charge >= 0.3 is 0 Å². The lowest BCUT2D eigenvalue weighted by atomic mass is 10.0. The molecule has 3 rings (SSSR count). The first kappa shape index (κ1) is 17.3. The van der Waals surface area contributed by atoms with Gasteiger partial charge in [0.1, 0.15) is 0 Å². The highest BCUT2D eigenvalue weighted by Crippen LogP contribution is 2.23. The van der Waals surface area contributed by atoms with Crippen LogP contribution in [0.5, 0.6) is 0 Å². The number of rotatable bonds is 5. The highest BCUT2D eigenvalue weighted by Gasteiger charge is 2.21. The summed E-state index contributed by atoms with van der Waals surface area (Å²) < 4.78 is 0. The molecule has 0 bridgehead atoms. The van der Waals surface area contributed by atoms with Gasteiger partial charge in [0.05, 0.1) is 16.7 Å². The maximum Gasteiger partial charge on any atom is 0.273 e. The van der Waals surface area contributed by atoms with Gasteiger partial charge in [-0.3, -0.25) is 19.9 Å². The van der Waals surface area contributed by atoms with Crippen molar-refractivity contribution >= 4 is 11.6 Å². The third kappa shape index (κ3) is 3.75. The zero-order valence-electron chi connectivity index (χ0n) is 14.1. The molecule has 1 heterocycles. The molecule has 0 fully saturated rings. The van der Waals surface area contributed by atoms with Crippen LogP contribution in [0.3, 0.4) is 0 Å². The number of carbonyl (C=O) groups is 1. The molecular weight excluding hydrogens is 330 g/mol. The summed E-state index contributed by atoms with van der Waals surface area (Å²) in [5.41, 5.74) is 2.23. The van der Waals surface area contributed by atoms with Crippen LogP contribution in [0.1, 0.15) is 33.2 Å². The van der Waals surface area contributed by atoms with Gasteiger partial charge in [0.25, 0.3) is 11.6 Å². The molecule has 0 aliphatic rings. The van der Waals surface area contributed by atoms with E-state index in [1.807, 2.05) is 42.5 Å². The van der Waals surface area contributed by atoms with Crippen molar-refractivity contribution in [2.45, 2.75) is 13.0 Å². The standard InChI is InChI=1S/C20H17N3O3/c1-14-10-11-16(13-18(14)23(25)26)20(24)22-19(15-7-3-2-4-8-15)17-9-5-6-12-21-17/h2-13,19H,1H3,(H,22,24). The Morgan fingerprint density at radius 1 is 1.08 bits per heavy atom. The highest BCUT2D eigenvalue weighted by atomic mass is 16.6. The number of nitrogens with one attached hydrogen (secondary N) is 1. The largest absolute Gasteiger partial charge is 0.340 e. The molecule has 0 spiro atoms. The number of hydrogen-bond acceptors (Lipinski definition) is 4. The number of pyridine rings is 1. The van der Waals surface area contributed by atoms with E-state index in [2.05, 4.69) is 10.3 Å². The SMILES string of the molecule is Cc1ccc(C(=O)NC(c2ccccc2)c2ccccn2)cc1[N+](=O)[O-].